The van der Waals surface area contributed by atoms with E-state index in [1.807, 2.05) is 12.1 Å². The molecule has 0 radical (unpaired) electrons. The van der Waals surface area contributed by atoms with Crippen molar-refractivity contribution in [2.75, 3.05) is 32.7 Å². The Bertz CT molecular complexity index is 1370. The van der Waals surface area contributed by atoms with Crippen molar-refractivity contribution in [3.05, 3.63) is 82.9 Å². The van der Waals surface area contributed by atoms with Crippen LogP contribution in [0.3, 0.4) is 0 Å². The molecule has 1 amide bonds. The molecule has 42 heavy (non-hydrogen) atoms. The molecule has 10 heteroatoms. The number of hydrogen-bond donors (Lipinski definition) is 1. The monoisotopic (exact) mass is 591 g/mol. The highest BCUT2D eigenvalue weighted by molar-refractivity contribution is 5.98. The minimum atomic E-state index is -5.05. The van der Waals surface area contributed by atoms with Crippen molar-refractivity contribution in [1.29, 1.82) is 0 Å². The lowest BCUT2D eigenvalue weighted by molar-refractivity contribution is -0.144. The Balaban J connectivity index is 1.76. The molecule has 1 aliphatic heterocycles. The third-order valence-electron chi connectivity index (χ3n) is 8.73. The fourth-order valence-electron chi connectivity index (χ4n) is 6.77. The van der Waals surface area contributed by atoms with Gasteiger partial charge >= 0.3 is 12.4 Å². The van der Waals surface area contributed by atoms with E-state index >= 15 is 0 Å². The highest BCUT2D eigenvalue weighted by atomic mass is 19.4. The van der Waals surface area contributed by atoms with Crippen molar-refractivity contribution < 1.29 is 31.1 Å². The predicted octanol–water partition coefficient (Wildman–Crippen LogP) is 7.21. The van der Waals surface area contributed by atoms with Crippen LogP contribution in [-0.2, 0) is 22.7 Å². The van der Waals surface area contributed by atoms with Gasteiger partial charge in [0.15, 0.2) is 5.54 Å². The Labute approximate surface area is 241 Å². The molecule has 1 unspecified atom stereocenters. The smallest absolute Gasteiger partial charge is 0.354 e. The van der Waals surface area contributed by atoms with Crippen molar-refractivity contribution >= 4 is 16.7 Å². The molecule has 3 aromatic rings. The van der Waals surface area contributed by atoms with Crippen LogP contribution in [0, 0.1) is 0 Å². The van der Waals surface area contributed by atoms with Gasteiger partial charge in [0.25, 0.3) is 0 Å². The van der Waals surface area contributed by atoms with E-state index in [1.54, 1.807) is 42.2 Å². The lowest BCUT2D eigenvalue weighted by Gasteiger charge is -2.49. The number of halogens is 6. The molecule has 226 valence electrons. The maximum absolute atomic E-state index is 14.4. The van der Waals surface area contributed by atoms with Crippen molar-refractivity contribution in [2.24, 2.45) is 0 Å². The highest BCUT2D eigenvalue weighted by Crippen LogP contribution is 2.45. The molecule has 2 fully saturated rings. The van der Waals surface area contributed by atoms with Crippen LogP contribution in [0.25, 0.3) is 10.8 Å². The van der Waals surface area contributed by atoms with Gasteiger partial charge in [-0.2, -0.15) is 26.3 Å². The zero-order valence-corrected chi connectivity index (χ0v) is 23.5. The first kappa shape index (κ1) is 30.4. The third kappa shape index (κ3) is 5.75. The molecule has 0 spiro atoms. The van der Waals surface area contributed by atoms with E-state index in [4.69, 9.17) is 0 Å². The molecule has 1 heterocycles. The minimum absolute atomic E-state index is 0.121. The summed E-state index contributed by atoms with van der Waals surface area (Å²) in [6.07, 6.45) is -4.53. The number of carbonyl (C=O) groups is 1. The largest absolute Gasteiger partial charge is 0.416 e. The van der Waals surface area contributed by atoms with Crippen LogP contribution in [0.2, 0.25) is 0 Å². The molecule has 4 nitrogen and oxygen atoms in total. The summed E-state index contributed by atoms with van der Waals surface area (Å²) in [5.74, 6) is -0.653. The molecule has 0 aromatic heterocycles. The van der Waals surface area contributed by atoms with E-state index in [0.29, 0.717) is 43.2 Å². The molecule has 2 aliphatic rings. The molecule has 3 aromatic carbocycles. The van der Waals surface area contributed by atoms with Crippen molar-refractivity contribution in [3.63, 3.8) is 0 Å². The van der Waals surface area contributed by atoms with Crippen LogP contribution in [0.15, 0.2) is 60.7 Å². The van der Waals surface area contributed by atoms with Gasteiger partial charge in [-0.3, -0.25) is 14.6 Å². The zero-order valence-electron chi connectivity index (χ0n) is 23.5. The SMILES string of the molecule is CCNC(=O)C(c1cc(C(F)(F)F)cc(C(F)(F)F)c1)(c1cccc2ccccc12)N1CCN(C2CCCCC2)CC1. The van der Waals surface area contributed by atoms with Crippen LogP contribution in [0.4, 0.5) is 26.3 Å². The second-order valence-corrected chi connectivity index (χ2v) is 11.2. The number of likely N-dealkylation sites (N-methyl/N-ethyl adjacent to an activating group) is 1. The summed E-state index contributed by atoms with van der Waals surface area (Å²) < 4.78 is 84.8. The summed E-state index contributed by atoms with van der Waals surface area (Å²) in [5, 5.41) is 4.10. The summed E-state index contributed by atoms with van der Waals surface area (Å²) >= 11 is 0. The Morgan fingerprint density at radius 1 is 0.786 bits per heavy atom. The van der Waals surface area contributed by atoms with Gasteiger partial charge in [-0.25, -0.2) is 0 Å². The van der Waals surface area contributed by atoms with E-state index in [2.05, 4.69) is 10.2 Å². The lowest BCUT2D eigenvalue weighted by Crippen LogP contribution is -2.63. The number of alkyl halides is 6. The average molecular weight is 592 g/mol. The average Bonchev–Trinajstić information content (AvgIpc) is 2.97. The molecule has 5 rings (SSSR count). The molecule has 1 saturated carbocycles. The van der Waals surface area contributed by atoms with E-state index < -0.39 is 34.9 Å². The van der Waals surface area contributed by atoms with Crippen LogP contribution in [0.1, 0.15) is 61.3 Å². The molecular formula is C32H35F6N3O. The summed E-state index contributed by atoms with van der Waals surface area (Å²) in [6, 6.07) is 14.2. The van der Waals surface area contributed by atoms with Crippen molar-refractivity contribution in [3.8, 4) is 0 Å². The van der Waals surface area contributed by atoms with Gasteiger partial charge in [0.2, 0.25) is 5.91 Å². The first-order valence-corrected chi connectivity index (χ1v) is 14.5. The Hall–Kier alpha value is -3.11. The highest BCUT2D eigenvalue weighted by Gasteiger charge is 2.51. The van der Waals surface area contributed by atoms with E-state index in [9.17, 15) is 31.1 Å². The van der Waals surface area contributed by atoms with Gasteiger partial charge in [-0.1, -0.05) is 61.7 Å². The predicted molar refractivity (Wildman–Crippen MR) is 150 cm³/mol. The number of fused-ring (bicyclic) bond motifs is 1. The van der Waals surface area contributed by atoms with Gasteiger partial charge < -0.3 is 5.32 Å². The van der Waals surface area contributed by atoms with Gasteiger partial charge in [0.1, 0.15) is 0 Å². The first-order chi connectivity index (χ1) is 20.0. The first-order valence-electron chi connectivity index (χ1n) is 14.5. The fourth-order valence-corrected chi connectivity index (χ4v) is 6.77. The standard InChI is InChI=1S/C32H35F6N3O/c1-2-39-29(42)30(28-14-8-10-22-9-6-7-13-27(22)28,41-17-15-40(16-18-41)26-11-4-3-5-12-26)23-19-24(31(33,34)35)21-25(20-23)32(36,37)38/h6-10,13-14,19-21,26H,2-5,11-12,15-18H2,1H3,(H,39,42). The quantitative estimate of drug-likeness (QED) is 0.308. The number of rotatable bonds is 6. The van der Waals surface area contributed by atoms with Gasteiger partial charge in [0.05, 0.1) is 11.1 Å². The van der Waals surface area contributed by atoms with Crippen LogP contribution in [-0.4, -0.2) is 54.5 Å². The van der Waals surface area contributed by atoms with Gasteiger partial charge in [0, 0.05) is 38.8 Å². The molecule has 1 saturated heterocycles. The number of carbonyl (C=O) groups excluding carboxylic acids is 1. The van der Waals surface area contributed by atoms with E-state index in [0.717, 1.165) is 43.2 Å². The fraction of sp³-hybridized carbons (Fsp3) is 0.469. The summed E-state index contributed by atoms with van der Waals surface area (Å²) in [4.78, 5) is 18.5. The summed E-state index contributed by atoms with van der Waals surface area (Å²) in [7, 11) is 0. The molecule has 1 atom stereocenters. The third-order valence-corrected chi connectivity index (χ3v) is 8.73. The summed E-state index contributed by atoms with van der Waals surface area (Å²) in [6.45, 7) is 3.55. The minimum Gasteiger partial charge on any atom is -0.354 e. The zero-order chi connectivity index (χ0) is 30.1. The van der Waals surface area contributed by atoms with E-state index in [1.165, 1.54) is 6.42 Å². The Morgan fingerprint density at radius 3 is 1.95 bits per heavy atom. The Morgan fingerprint density at radius 2 is 1.36 bits per heavy atom. The number of nitrogens with one attached hydrogen (secondary N) is 1. The summed E-state index contributed by atoms with van der Waals surface area (Å²) in [5.41, 5.74) is -4.83. The Kier molecular flexibility index (Phi) is 8.58. The molecule has 1 N–H and O–H groups in total. The second kappa shape index (κ2) is 11.9. The lowest BCUT2D eigenvalue weighted by atomic mass is 9.76. The number of hydrogen-bond acceptors (Lipinski definition) is 3. The molecular weight excluding hydrogens is 556 g/mol. The normalized spacial score (nSPS) is 19.5. The van der Waals surface area contributed by atoms with Crippen molar-refractivity contribution in [1.82, 2.24) is 15.1 Å². The van der Waals surface area contributed by atoms with Gasteiger partial charge in [-0.05, 0) is 59.9 Å². The second-order valence-electron chi connectivity index (χ2n) is 11.2. The number of benzene rings is 3. The van der Waals surface area contributed by atoms with Crippen LogP contribution in [0.5, 0.6) is 0 Å². The molecule has 1 aliphatic carbocycles. The van der Waals surface area contributed by atoms with Crippen molar-refractivity contribution in [2.45, 2.75) is 63.0 Å². The number of nitrogens with zero attached hydrogens (tertiary/aromatic N) is 2. The maximum atomic E-state index is 14.4. The molecule has 0 bridgehead atoms. The maximum Gasteiger partial charge on any atom is 0.416 e. The van der Waals surface area contributed by atoms with Crippen LogP contribution >= 0.6 is 0 Å². The van der Waals surface area contributed by atoms with E-state index in [-0.39, 0.29) is 18.2 Å². The van der Waals surface area contributed by atoms with Gasteiger partial charge in [-0.15, -0.1) is 0 Å². The van der Waals surface area contributed by atoms with Crippen LogP contribution < -0.4 is 5.32 Å². The number of piperazine rings is 1. The number of amides is 1. The topological polar surface area (TPSA) is 35.6 Å².